The standard InChI is InChI=1S/C25H29N3O5S/c1-25(2,3)23(30)33-15-17-12-16(7-9-20(17)31-4)6-8-19-18(14-29)22(28-24(27-19)34-5)21-13-26-10-11-32-21/h7,9,12,14,21,26H,10-11,13,15H2,1-5H3. The van der Waals surface area contributed by atoms with Gasteiger partial charge in [-0.3, -0.25) is 9.59 Å². The van der Waals surface area contributed by atoms with Crippen LogP contribution < -0.4 is 10.1 Å². The van der Waals surface area contributed by atoms with E-state index in [1.165, 1.54) is 11.8 Å². The molecule has 2 heterocycles. The summed E-state index contributed by atoms with van der Waals surface area (Å²) >= 11 is 1.37. The van der Waals surface area contributed by atoms with E-state index in [0.29, 0.717) is 52.1 Å². The molecule has 34 heavy (non-hydrogen) atoms. The molecule has 0 spiro atoms. The summed E-state index contributed by atoms with van der Waals surface area (Å²) in [6, 6.07) is 5.37. The zero-order chi connectivity index (χ0) is 24.7. The Morgan fingerprint density at radius 1 is 1.32 bits per heavy atom. The third-order valence-corrected chi connectivity index (χ3v) is 5.61. The number of carbonyl (C=O) groups excluding carboxylic acids is 2. The first-order valence-corrected chi connectivity index (χ1v) is 12.1. The maximum absolute atomic E-state index is 12.2. The molecule has 8 nitrogen and oxygen atoms in total. The Morgan fingerprint density at radius 2 is 2.12 bits per heavy atom. The number of benzene rings is 1. The predicted octanol–water partition coefficient (Wildman–Crippen LogP) is 3.17. The topological polar surface area (TPSA) is 99.6 Å². The number of ether oxygens (including phenoxy) is 3. The van der Waals surface area contributed by atoms with E-state index in [0.717, 1.165) is 12.8 Å². The van der Waals surface area contributed by atoms with E-state index in [2.05, 4.69) is 27.1 Å². The summed E-state index contributed by atoms with van der Waals surface area (Å²) in [5, 5.41) is 3.77. The number of aromatic nitrogens is 2. The van der Waals surface area contributed by atoms with Gasteiger partial charge in [0.2, 0.25) is 0 Å². The number of methoxy groups -OCH3 is 1. The van der Waals surface area contributed by atoms with E-state index in [-0.39, 0.29) is 18.7 Å². The van der Waals surface area contributed by atoms with Crippen molar-refractivity contribution < 1.29 is 23.8 Å². The number of aldehydes is 1. The van der Waals surface area contributed by atoms with Crippen molar-refractivity contribution in [3.05, 3.63) is 46.3 Å². The van der Waals surface area contributed by atoms with Gasteiger partial charge in [-0.05, 0) is 51.1 Å². The second kappa shape index (κ2) is 11.5. The molecule has 0 aliphatic carbocycles. The van der Waals surface area contributed by atoms with Crippen LogP contribution >= 0.6 is 11.8 Å². The molecule has 1 unspecified atom stereocenters. The van der Waals surface area contributed by atoms with Gasteiger partial charge in [0.1, 0.15) is 24.2 Å². The van der Waals surface area contributed by atoms with Crippen LogP contribution in [0.15, 0.2) is 23.4 Å². The second-order valence-corrected chi connectivity index (χ2v) is 9.42. The van der Waals surface area contributed by atoms with Crippen LogP contribution in [0.25, 0.3) is 0 Å². The smallest absolute Gasteiger partial charge is 0.311 e. The molecule has 1 aliphatic rings. The van der Waals surface area contributed by atoms with Crippen molar-refractivity contribution in [3.63, 3.8) is 0 Å². The Balaban J connectivity index is 1.94. The average Bonchev–Trinajstić information content (AvgIpc) is 2.85. The molecule has 1 saturated heterocycles. The van der Waals surface area contributed by atoms with Gasteiger partial charge in [-0.1, -0.05) is 17.7 Å². The predicted molar refractivity (Wildman–Crippen MR) is 129 cm³/mol. The number of morpholine rings is 1. The van der Waals surface area contributed by atoms with Crippen molar-refractivity contribution in [2.45, 2.75) is 38.6 Å². The minimum Gasteiger partial charge on any atom is -0.496 e. The van der Waals surface area contributed by atoms with Crippen molar-refractivity contribution in [3.8, 4) is 17.6 Å². The molecule has 9 heteroatoms. The minimum atomic E-state index is -0.604. The summed E-state index contributed by atoms with van der Waals surface area (Å²) < 4.78 is 16.7. The van der Waals surface area contributed by atoms with Crippen molar-refractivity contribution in [1.29, 1.82) is 0 Å². The number of esters is 1. The molecule has 1 aliphatic heterocycles. The molecule has 3 rings (SSSR count). The van der Waals surface area contributed by atoms with E-state index in [1.54, 1.807) is 46.1 Å². The van der Waals surface area contributed by atoms with Crippen LogP contribution in [0.3, 0.4) is 0 Å². The summed E-state index contributed by atoms with van der Waals surface area (Å²) in [6.45, 7) is 7.31. The number of carbonyl (C=O) groups is 2. The molecule has 0 saturated carbocycles. The highest BCUT2D eigenvalue weighted by atomic mass is 32.2. The lowest BCUT2D eigenvalue weighted by molar-refractivity contribution is -0.154. The van der Waals surface area contributed by atoms with Crippen molar-refractivity contribution in [2.24, 2.45) is 5.41 Å². The molecule has 0 bridgehead atoms. The average molecular weight is 484 g/mol. The lowest BCUT2D eigenvalue weighted by Crippen LogP contribution is -2.34. The van der Waals surface area contributed by atoms with E-state index in [9.17, 15) is 9.59 Å². The lowest BCUT2D eigenvalue weighted by atomic mass is 9.97. The third kappa shape index (κ3) is 6.35. The first kappa shape index (κ1) is 25.7. The van der Waals surface area contributed by atoms with Crippen LogP contribution in [-0.4, -0.2) is 55.3 Å². The highest BCUT2D eigenvalue weighted by Gasteiger charge is 2.25. The van der Waals surface area contributed by atoms with Crippen LogP contribution in [0.4, 0.5) is 0 Å². The fourth-order valence-electron chi connectivity index (χ4n) is 3.21. The normalized spacial score (nSPS) is 15.7. The number of hydrogen-bond acceptors (Lipinski definition) is 9. The van der Waals surface area contributed by atoms with Crippen LogP contribution in [-0.2, 0) is 20.9 Å². The van der Waals surface area contributed by atoms with Gasteiger partial charge in [-0.2, -0.15) is 0 Å². The van der Waals surface area contributed by atoms with Gasteiger partial charge in [-0.15, -0.1) is 0 Å². The van der Waals surface area contributed by atoms with Gasteiger partial charge in [-0.25, -0.2) is 9.97 Å². The monoisotopic (exact) mass is 483 g/mol. The number of nitrogens with zero attached hydrogens (tertiary/aromatic N) is 2. The molecule has 1 aromatic carbocycles. The van der Waals surface area contributed by atoms with E-state index in [4.69, 9.17) is 14.2 Å². The van der Waals surface area contributed by atoms with Crippen LogP contribution in [0.1, 0.15) is 59.7 Å². The van der Waals surface area contributed by atoms with E-state index in [1.807, 2.05) is 6.26 Å². The van der Waals surface area contributed by atoms with Gasteiger partial charge in [0.15, 0.2) is 11.4 Å². The van der Waals surface area contributed by atoms with E-state index >= 15 is 0 Å². The Morgan fingerprint density at radius 3 is 2.74 bits per heavy atom. The van der Waals surface area contributed by atoms with Crippen molar-refractivity contribution >= 4 is 24.0 Å². The van der Waals surface area contributed by atoms with Crippen LogP contribution in [0.2, 0.25) is 0 Å². The van der Waals surface area contributed by atoms with Crippen molar-refractivity contribution in [2.75, 3.05) is 33.1 Å². The molecule has 1 atom stereocenters. The fourth-order valence-corrected chi connectivity index (χ4v) is 3.59. The first-order chi connectivity index (χ1) is 16.3. The Kier molecular flexibility index (Phi) is 8.67. The fraction of sp³-hybridized carbons (Fsp3) is 0.440. The molecule has 1 N–H and O–H groups in total. The lowest BCUT2D eigenvalue weighted by Gasteiger charge is -2.24. The number of nitrogens with one attached hydrogen (secondary N) is 1. The minimum absolute atomic E-state index is 0.0642. The highest BCUT2D eigenvalue weighted by molar-refractivity contribution is 7.98. The Bertz CT molecular complexity index is 1110. The zero-order valence-corrected chi connectivity index (χ0v) is 20.9. The highest BCUT2D eigenvalue weighted by Crippen LogP contribution is 2.25. The maximum atomic E-state index is 12.2. The number of rotatable bonds is 6. The molecular weight excluding hydrogens is 454 g/mol. The molecule has 1 aromatic heterocycles. The van der Waals surface area contributed by atoms with Crippen LogP contribution in [0.5, 0.6) is 5.75 Å². The maximum Gasteiger partial charge on any atom is 0.311 e. The molecular formula is C25H29N3O5S. The summed E-state index contributed by atoms with van der Waals surface area (Å²) in [6.07, 6.45) is 2.26. The van der Waals surface area contributed by atoms with Gasteiger partial charge < -0.3 is 19.5 Å². The van der Waals surface area contributed by atoms with Gasteiger partial charge >= 0.3 is 5.97 Å². The van der Waals surface area contributed by atoms with Crippen molar-refractivity contribution in [1.82, 2.24) is 15.3 Å². The van der Waals surface area contributed by atoms with Gasteiger partial charge in [0.05, 0.1) is 30.4 Å². The quantitative estimate of drug-likeness (QED) is 0.218. The first-order valence-electron chi connectivity index (χ1n) is 10.9. The van der Waals surface area contributed by atoms with E-state index < -0.39 is 5.41 Å². The number of hydrogen-bond donors (Lipinski definition) is 1. The summed E-state index contributed by atoms with van der Waals surface area (Å²) in [7, 11) is 1.56. The Hall–Kier alpha value is -2.93. The number of thioether (sulfide) groups is 1. The van der Waals surface area contributed by atoms with Crippen LogP contribution in [0, 0.1) is 17.3 Å². The molecule has 2 aromatic rings. The summed E-state index contributed by atoms with van der Waals surface area (Å²) in [5.41, 5.74) is 1.96. The van der Waals surface area contributed by atoms with Gasteiger partial charge in [0.25, 0.3) is 0 Å². The molecule has 180 valence electrons. The Labute approximate surface area is 204 Å². The van der Waals surface area contributed by atoms with Gasteiger partial charge in [0, 0.05) is 24.2 Å². The summed E-state index contributed by atoms with van der Waals surface area (Å²) in [5.74, 6) is 6.37. The second-order valence-electron chi connectivity index (χ2n) is 8.64. The SMILES string of the molecule is COc1ccc(C#Cc2nc(SC)nc(C3CNCCO3)c2C=O)cc1COC(=O)C(C)(C)C. The zero-order valence-electron chi connectivity index (χ0n) is 20.1. The molecule has 0 amide bonds. The molecule has 1 fully saturated rings. The largest absolute Gasteiger partial charge is 0.496 e. The molecule has 0 radical (unpaired) electrons. The summed E-state index contributed by atoms with van der Waals surface area (Å²) in [4.78, 5) is 33.1. The third-order valence-electron chi connectivity index (χ3n) is 5.06.